The molecule has 1 saturated heterocycles. The van der Waals surface area contributed by atoms with Gasteiger partial charge in [0.2, 0.25) is 0 Å². The second-order valence-corrected chi connectivity index (χ2v) is 10.5. The van der Waals surface area contributed by atoms with E-state index in [1.54, 1.807) is 6.20 Å². The molecule has 1 atom stereocenters. The van der Waals surface area contributed by atoms with Crippen LogP contribution in [0.2, 0.25) is 0 Å². The largest absolute Gasteiger partial charge is 0.490 e. The Balaban J connectivity index is 0.991. The minimum absolute atomic E-state index is 0.190. The summed E-state index contributed by atoms with van der Waals surface area (Å²) in [5.74, 6) is 1.20. The van der Waals surface area contributed by atoms with Crippen LogP contribution in [0.1, 0.15) is 18.4 Å². The fourth-order valence-electron chi connectivity index (χ4n) is 5.65. The maximum atomic E-state index is 13.1. The van der Waals surface area contributed by atoms with E-state index in [1.807, 2.05) is 42.5 Å². The maximum absolute atomic E-state index is 13.1. The van der Waals surface area contributed by atoms with Crippen molar-refractivity contribution in [1.29, 1.82) is 0 Å². The van der Waals surface area contributed by atoms with Crippen molar-refractivity contribution in [3.05, 3.63) is 78.5 Å². The van der Waals surface area contributed by atoms with Gasteiger partial charge in [0.05, 0.1) is 16.6 Å². The van der Waals surface area contributed by atoms with Gasteiger partial charge in [0, 0.05) is 53.2 Å². The zero-order valence-corrected chi connectivity index (χ0v) is 21.9. The first-order chi connectivity index (χ1) is 19.4. The molecular formula is C31H31F3N4O2. The number of ether oxygens (including phenoxy) is 1. The average molecular weight is 549 g/mol. The van der Waals surface area contributed by atoms with E-state index in [1.165, 1.54) is 6.07 Å². The number of nitrogens with zero attached hydrogens (tertiary/aromatic N) is 2. The number of halogens is 3. The number of H-pyrrole nitrogens is 1. The van der Waals surface area contributed by atoms with Crippen LogP contribution in [0, 0.1) is 5.92 Å². The molecule has 6 nitrogen and oxygen atoms in total. The molecule has 3 aromatic carbocycles. The van der Waals surface area contributed by atoms with Crippen molar-refractivity contribution in [3.8, 4) is 5.75 Å². The highest BCUT2D eigenvalue weighted by atomic mass is 19.4. The van der Waals surface area contributed by atoms with Crippen molar-refractivity contribution < 1.29 is 23.0 Å². The van der Waals surface area contributed by atoms with Crippen molar-refractivity contribution >= 4 is 38.4 Å². The predicted octanol–water partition coefficient (Wildman–Crippen LogP) is 6.13. The summed E-state index contributed by atoms with van der Waals surface area (Å²) in [6, 6.07) is 19.6. The Morgan fingerprint density at radius 2 is 1.80 bits per heavy atom. The Bertz CT molecular complexity index is 1630. The molecule has 0 saturated carbocycles. The Labute approximate surface area is 229 Å². The zero-order chi connectivity index (χ0) is 27.7. The Morgan fingerprint density at radius 3 is 2.62 bits per heavy atom. The number of piperidine rings is 1. The lowest BCUT2D eigenvalue weighted by atomic mass is 9.96. The molecule has 0 spiro atoms. The number of nitrogens with one attached hydrogen (secondary N) is 2. The number of pyridine rings is 1. The molecule has 5 aromatic rings. The average Bonchev–Trinajstić information content (AvgIpc) is 3.35. The molecule has 0 aliphatic carbocycles. The lowest BCUT2D eigenvalue weighted by Crippen LogP contribution is -2.39. The number of aromatic nitrogens is 2. The second kappa shape index (κ2) is 11.0. The highest BCUT2D eigenvalue weighted by Crippen LogP contribution is 2.35. The van der Waals surface area contributed by atoms with Gasteiger partial charge in [0.1, 0.15) is 18.5 Å². The topological polar surface area (TPSA) is 73.4 Å². The number of hydrogen-bond donors (Lipinski definition) is 3. The van der Waals surface area contributed by atoms with Gasteiger partial charge in [0.15, 0.2) is 0 Å². The van der Waals surface area contributed by atoms with E-state index in [2.05, 4.69) is 26.3 Å². The van der Waals surface area contributed by atoms with E-state index in [4.69, 9.17) is 4.74 Å². The standard InChI is InChI=1S/C31H31F3N4O2/c32-31(33,34)21-8-9-23-27(16-21)36-13-10-28(23)38-14-11-20(12-15-38)17-35-18-22(39)19-40-29-7-3-6-26-30(29)24-4-1-2-5-25(24)37-26/h1-10,13,16,20,22,35,37,39H,11-12,14-15,17-19H2/t22-/m0/s1. The number of rotatable bonds is 8. The summed E-state index contributed by atoms with van der Waals surface area (Å²) in [6.07, 6.45) is -1.56. The van der Waals surface area contributed by atoms with Crippen molar-refractivity contribution in [1.82, 2.24) is 15.3 Å². The van der Waals surface area contributed by atoms with Crippen LogP contribution in [0.15, 0.2) is 72.9 Å². The molecule has 3 N–H and O–H groups in total. The third kappa shape index (κ3) is 5.44. The van der Waals surface area contributed by atoms with E-state index in [9.17, 15) is 18.3 Å². The van der Waals surface area contributed by atoms with Gasteiger partial charge in [-0.05, 0) is 61.7 Å². The minimum Gasteiger partial charge on any atom is -0.490 e. The second-order valence-electron chi connectivity index (χ2n) is 10.5. The summed E-state index contributed by atoms with van der Waals surface area (Å²) in [4.78, 5) is 9.80. The van der Waals surface area contributed by atoms with E-state index in [-0.39, 0.29) is 6.61 Å². The summed E-state index contributed by atoms with van der Waals surface area (Å²) in [7, 11) is 0. The number of aliphatic hydroxyl groups is 1. The number of hydrogen-bond acceptors (Lipinski definition) is 5. The molecule has 3 heterocycles. The van der Waals surface area contributed by atoms with Crippen molar-refractivity contribution in [2.24, 2.45) is 5.92 Å². The highest BCUT2D eigenvalue weighted by molar-refractivity contribution is 6.10. The number of anilines is 1. The molecule has 2 aromatic heterocycles. The van der Waals surface area contributed by atoms with Crippen molar-refractivity contribution in [3.63, 3.8) is 0 Å². The first-order valence-electron chi connectivity index (χ1n) is 13.6. The number of fused-ring (bicyclic) bond motifs is 4. The van der Waals surface area contributed by atoms with Crippen LogP contribution >= 0.6 is 0 Å². The molecule has 1 fully saturated rings. The minimum atomic E-state index is -4.39. The third-order valence-electron chi connectivity index (χ3n) is 7.74. The highest BCUT2D eigenvalue weighted by Gasteiger charge is 2.31. The molecule has 0 bridgehead atoms. The summed E-state index contributed by atoms with van der Waals surface area (Å²) in [5.41, 5.74) is 2.64. The molecule has 208 valence electrons. The predicted molar refractivity (Wildman–Crippen MR) is 152 cm³/mol. The van der Waals surface area contributed by atoms with Gasteiger partial charge in [-0.25, -0.2) is 0 Å². The number of aromatic amines is 1. The van der Waals surface area contributed by atoms with E-state index < -0.39 is 17.8 Å². The molecule has 6 rings (SSSR count). The van der Waals surface area contributed by atoms with Crippen LogP contribution in [0.4, 0.5) is 18.9 Å². The van der Waals surface area contributed by atoms with Gasteiger partial charge >= 0.3 is 6.18 Å². The Hall–Kier alpha value is -3.82. The monoisotopic (exact) mass is 548 g/mol. The fourth-order valence-corrected chi connectivity index (χ4v) is 5.65. The van der Waals surface area contributed by atoms with Crippen LogP contribution in [-0.4, -0.2) is 54.0 Å². The summed E-state index contributed by atoms with van der Waals surface area (Å²) in [6.45, 7) is 3.03. The maximum Gasteiger partial charge on any atom is 0.416 e. The first kappa shape index (κ1) is 26.4. The van der Waals surface area contributed by atoms with Gasteiger partial charge in [0.25, 0.3) is 0 Å². The molecule has 1 aliphatic heterocycles. The van der Waals surface area contributed by atoms with Crippen LogP contribution in [-0.2, 0) is 6.18 Å². The third-order valence-corrected chi connectivity index (χ3v) is 7.74. The molecule has 0 amide bonds. The van der Waals surface area contributed by atoms with E-state index in [0.717, 1.165) is 83.2 Å². The van der Waals surface area contributed by atoms with Gasteiger partial charge in [-0.1, -0.05) is 30.3 Å². The van der Waals surface area contributed by atoms with Gasteiger partial charge in [-0.2, -0.15) is 13.2 Å². The number of para-hydroxylation sites is 1. The smallest absolute Gasteiger partial charge is 0.416 e. The molecule has 0 radical (unpaired) electrons. The van der Waals surface area contributed by atoms with Crippen molar-refractivity contribution in [2.45, 2.75) is 25.1 Å². The van der Waals surface area contributed by atoms with E-state index in [0.29, 0.717) is 18.0 Å². The quantitative estimate of drug-likeness (QED) is 0.218. The summed E-state index contributed by atoms with van der Waals surface area (Å²) < 4.78 is 45.4. The molecule has 0 unspecified atom stereocenters. The number of aliphatic hydroxyl groups excluding tert-OH is 1. The molecule has 40 heavy (non-hydrogen) atoms. The Morgan fingerprint density at radius 1 is 1.00 bits per heavy atom. The summed E-state index contributed by atoms with van der Waals surface area (Å²) >= 11 is 0. The molecular weight excluding hydrogens is 517 g/mol. The summed E-state index contributed by atoms with van der Waals surface area (Å²) in [5, 5.41) is 16.8. The fraction of sp³-hybridized carbons (Fsp3) is 0.323. The van der Waals surface area contributed by atoms with Gasteiger partial charge in [-0.15, -0.1) is 0 Å². The molecule has 1 aliphatic rings. The zero-order valence-electron chi connectivity index (χ0n) is 21.9. The van der Waals surface area contributed by atoms with Crippen molar-refractivity contribution in [2.75, 3.05) is 37.7 Å². The number of alkyl halides is 3. The first-order valence-corrected chi connectivity index (χ1v) is 13.6. The SMILES string of the molecule is O[C@@H](CNCC1CCN(c2ccnc3cc(C(F)(F)F)ccc23)CC1)COc1cccc2[nH]c3ccccc3c12. The lowest BCUT2D eigenvalue weighted by molar-refractivity contribution is -0.137. The normalized spacial score (nSPS) is 15.8. The van der Waals surface area contributed by atoms with Gasteiger partial charge in [-0.3, -0.25) is 4.98 Å². The van der Waals surface area contributed by atoms with Crippen LogP contribution in [0.25, 0.3) is 32.7 Å². The van der Waals surface area contributed by atoms with Gasteiger partial charge < -0.3 is 25.0 Å². The van der Waals surface area contributed by atoms with Crippen LogP contribution in [0.3, 0.4) is 0 Å². The molecule has 9 heteroatoms. The Kier molecular flexibility index (Phi) is 7.25. The van der Waals surface area contributed by atoms with E-state index >= 15 is 0 Å². The number of benzene rings is 3. The van der Waals surface area contributed by atoms with Crippen LogP contribution < -0.4 is 15.0 Å². The van der Waals surface area contributed by atoms with Crippen LogP contribution in [0.5, 0.6) is 5.75 Å². The lowest BCUT2D eigenvalue weighted by Gasteiger charge is -2.34.